The fourth-order valence-corrected chi connectivity index (χ4v) is 2.50. The number of aromatic nitrogens is 3. The second-order valence-electron chi connectivity index (χ2n) is 4.50. The Hall–Kier alpha value is -2.41. The highest BCUT2D eigenvalue weighted by Gasteiger charge is 2.07. The number of thiazole rings is 1. The quantitative estimate of drug-likeness (QED) is 0.680. The molecule has 0 radical (unpaired) electrons. The normalized spacial score (nSPS) is 10.7. The molecule has 0 unspecified atom stereocenters. The van der Waals surface area contributed by atoms with Crippen LogP contribution in [-0.2, 0) is 6.42 Å². The second-order valence-corrected chi connectivity index (χ2v) is 5.39. The lowest BCUT2D eigenvalue weighted by Gasteiger charge is -1.98. The number of rotatable bonds is 6. The average molecular weight is 301 g/mol. The molecule has 0 bridgehead atoms. The lowest BCUT2D eigenvalue weighted by molar-refractivity contribution is 0.432. The van der Waals surface area contributed by atoms with Gasteiger partial charge in [-0.15, -0.1) is 11.3 Å². The van der Waals surface area contributed by atoms with Crippen LogP contribution in [0.15, 0.2) is 40.2 Å². The zero-order valence-corrected chi connectivity index (χ0v) is 12.1. The minimum atomic E-state index is 0.437. The van der Waals surface area contributed by atoms with Gasteiger partial charge in [-0.1, -0.05) is 35.5 Å². The first-order valence-corrected chi connectivity index (χ1v) is 7.52. The van der Waals surface area contributed by atoms with E-state index in [1.807, 2.05) is 35.7 Å². The Morgan fingerprint density at radius 3 is 2.81 bits per heavy atom. The molecule has 0 fully saturated rings. The summed E-state index contributed by atoms with van der Waals surface area (Å²) in [6.45, 7) is 0.744. The van der Waals surface area contributed by atoms with Crippen molar-refractivity contribution in [2.24, 2.45) is 0 Å². The summed E-state index contributed by atoms with van der Waals surface area (Å²) in [5.74, 6) is 0.588. The van der Waals surface area contributed by atoms with Crippen LogP contribution in [0, 0.1) is 0 Å². The van der Waals surface area contributed by atoms with Crippen LogP contribution in [0.3, 0.4) is 0 Å². The Morgan fingerprint density at radius 1 is 1.19 bits per heavy atom. The Labute approximate surface area is 126 Å². The number of hydrogen-bond acceptors (Lipinski definition) is 7. The minimum Gasteiger partial charge on any atom is -0.375 e. The number of nitrogens with zero attached hydrogens (tertiary/aromatic N) is 3. The monoisotopic (exact) mass is 301 g/mol. The van der Waals surface area contributed by atoms with Gasteiger partial charge >= 0.3 is 6.01 Å². The first kappa shape index (κ1) is 13.6. The molecule has 3 rings (SSSR count). The Balaban J connectivity index is 1.49. The van der Waals surface area contributed by atoms with Crippen molar-refractivity contribution in [3.63, 3.8) is 0 Å². The van der Waals surface area contributed by atoms with Crippen molar-refractivity contribution in [1.29, 1.82) is 0 Å². The van der Waals surface area contributed by atoms with Crippen molar-refractivity contribution in [2.45, 2.75) is 12.8 Å². The molecular weight excluding hydrogens is 286 g/mol. The third-order valence-electron chi connectivity index (χ3n) is 2.91. The van der Waals surface area contributed by atoms with Gasteiger partial charge in [-0.3, -0.25) is 0 Å². The molecule has 7 heteroatoms. The molecular formula is C14H15N5OS. The van der Waals surface area contributed by atoms with Crippen molar-refractivity contribution in [3.05, 3.63) is 41.4 Å². The van der Waals surface area contributed by atoms with E-state index in [-0.39, 0.29) is 0 Å². The molecule has 0 saturated heterocycles. The first-order valence-electron chi connectivity index (χ1n) is 6.64. The number of nitrogens with two attached hydrogens (primary N) is 1. The van der Waals surface area contributed by atoms with Crippen LogP contribution in [0.1, 0.15) is 12.1 Å². The fraction of sp³-hybridized carbons (Fsp3) is 0.214. The van der Waals surface area contributed by atoms with Gasteiger partial charge in [0.1, 0.15) is 0 Å². The maximum Gasteiger partial charge on any atom is 0.321 e. The summed E-state index contributed by atoms with van der Waals surface area (Å²) in [6.07, 6.45) is 1.80. The molecule has 0 amide bonds. The summed E-state index contributed by atoms with van der Waals surface area (Å²) in [4.78, 5) is 8.52. The molecule has 2 heterocycles. The number of nitrogen functional groups attached to an aromatic ring is 1. The van der Waals surface area contributed by atoms with E-state index in [1.165, 1.54) is 11.3 Å². The predicted molar refractivity (Wildman–Crippen MR) is 83.1 cm³/mol. The summed E-state index contributed by atoms with van der Waals surface area (Å²) < 4.78 is 5.17. The van der Waals surface area contributed by atoms with Crippen LogP contribution in [0.5, 0.6) is 0 Å². The van der Waals surface area contributed by atoms with Crippen LogP contribution < -0.4 is 11.1 Å². The fourth-order valence-electron chi connectivity index (χ4n) is 1.90. The van der Waals surface area contributed by atoms with Gasteiger partial charge in [-0.25, -0.2) is 4.98 Å². The molecule has 0 aliphatic rings. The van der Waals surface area contributed by atoms with Crippen LogP contribution in [-0.4, -0.2) is 21.7 Å². The lowest BCUT2D eigenvalue weighted by atomic mass is 10.2. The zero-order valence-electron chi connectivity index (χ0n) is 11.3. The van der Waals surface area contributed by atoms with Gasteiger partial charge in [-0.2, -0.15) is 4.98 Å². The molecule has 108 valence electrons. The van der Waals surface area contributed by atoms with E-state index in [1.54, 1.807) is 0 Å². The molecule has 2 aromatic heterocycles. The minimum absolute atomic E-state index is 0.437. The summed E-state index contributed by atoms with van der Waals surface area (Å²) >= 11 is 1.47. The van der Waals surface area contributed by atoms with Gasteiger partial charge in [0, 0.05) is 17.5 Å². The molecule has 0 aliphatic carbocycles. The average Bonchev–Trinajstić information content (AvgIpc) is 3.14. The van der Waals surface area contributed by atoms with Crippen LogP contribution in [0.2, 0.25) is 0 Å². The van der Waals surface area contributed by atoms with E-state index < -0.39 is 0 Å². The maximum atomic E-state index is 5.59. The van der Waals surface area contributed by atoms with E-state index in [4.69, 9.17) is 10.3 Å². The highest BCUT2D eigenvalue weighted by molar-refractivity contribution is 7.13. The van der Waals surface area contributed by atoms with Crippen molar-refractivity contribution in [1.82, 2.24) is 15.1 Å². The van der Waals surface area contributed by atoms with Gasteiger partial charge in [0.15, 0.2) is 5.13 Å². The summed E-state index contributed by atoms with van der Waals surface area (Å²) in [7, 11) is 0. The van der Waals surface area contributed by atoms with E-state index in [0.29, 0.717) is 17.0 Å². The van der Waals surface area contributed by atoms with E-state index in [9.17, 15) is 0 Å². The van der Waals surface area contributed by atoms with Gasteiger partial charge in [0.2, 0.25) is 5.82 Å². The molecule has 0 atom stereocenters. The third-order valence-corrected chi connectivity index (χ3v) is 3.64. The highest BCUT2D eigenvalue weighted by Crippen LogP contribution is 2.17. The SMILES string of the molecule is Nc1nc(CCCNc2nc(-c3ccccc3)no2)cs1. The Kier molecular flexibility index (Phi) is 4.11. The van der Waals surface area contributed by atoms with E-state index in [2.05, 4.69) is 20.4 Å². The van der Waals surface area contributed by atoms with Gasteiger partial charge in [0.25, 0.3) is 0 Å². The van der Waals surface area contributed by atoms with Gasteiger partial charge in [0.05, 0.1) is 5.69 Å². The number of aryl methyl sites for hydroxylation is 1. The smallest absolute Gasteiger partial charge is 0.321 e. The number of nitrogens with one attached hydrogen (secondary N) is 1. The topological polar surface area (TPSA) is 89.9 Å². The molecule has 21 heavy (non-hydrogen) atoms. The molecule has 0 saturated carbocycles. The zero-order chi connectivity index (χ0) is 14.5. The molecule has 0 spiro atoms. The largest absolute Gasteiger partial charge is 0.375 e. The first-order chi connectivity index (χ1) is 10.3. The third kappa shape index (κ3) is 3.57. The summed E-state index contributed by atoms with van der Waals surface area (Å²) in [5, 5.41) is 9.66. The molecule has 0 aliphatic heterocycles. The number of benzene rings is 1. The maximum absolute atomic E-state index is 5.59. The molecule has 3 aromatic rings. The van der Waals surface area contributed by atoms with Crippen molar-refractivity contribution < 1.29 is 4.52 Å². The van der Waals surface area contributed by atoms with Crippen LogP contribution in [0.25, 0.3) is 11.4 Å². The molecule has 6 nitrogen and oxygen atoms in total. The Bertz CT molecular complexity index is 694. The highest BCUT2D eigenvalue weighted by atomic mass is 32.1. The van der Waals surface area contributed by atoms with Crippen LogP contribution >= 0.6 is 11.3 Å². The predicted octanol–water partition coefficient (Wildman–Crippen LogP) is 2.82. The van der Waals surface area contributed by atoms with Gasteiger partial charge in [-0.05, 0) is 12.8 Å². The second kappa shape index (κ2) is 6.36. The van der Waals surface area contributed by atoms with Crippen molar-refractivity contribution in [3.8, 4) is 11.4 Å². The standard InChI is InChI=1S/C14H15N5OS/c15-13-17-11(9-21-13)7-4-8-16-14-18-12(19-20-14)10-5-2-1-3-6-10/h1-3,5-6,9H,4,7-8H2,(H2,15,17)(H,16,18,19). The van der Waals surface area contributed by atoms with E-state index >= 15 is 0 Å². The van der Waals surface area contributed by atoms with Crippen LogP contribution in [0.4, 0.5) is 11.1 Å². The van der Waals surface area contributed by atoms with Crippen molar-refractivity contribution in [2.75, 3.05) is 17.6 Å². The number of hydrogen-bond donors (Lipinski definition) is 2. The molecule has 1 aromatic carbocycles. The number of anilines is 2. The van der Waals surface area contributed by atoms with Crippen molar-refractivity contribution >= 4 is 22.5 Å². The van der Waals surface area contributed by atoms with E-state index in [0.717, 1.165) is 30.6 Å². The Morgan fingerprint density at radius 2 is 2.05 bits per heavy atom. The molecule has 3 N–H and O–H groups in total. The summed E-state index contributed by atoms with van der Waals surface area (Å²) in [6, 6.07) is 10.2. The lowest BCUT2D eigenvalue weighted by Crippen LogP contribution is -2.03. The van der Waals surface area contributed by atoms with Gasteiger partial charge < -0.3 is 15.6 Å². The summed E-state index contributed by atoms with van der Waals surface area (Å²) in [5.41, 5.74) is 7.55.